The van der Waals surface area contributed by atoms with Gasteiger partial charge in [0.1, 0.15) is 5.84 Å². The van der Waals surface area contributed by atoms with E-state index in [9.17, 15) is 0 Å². The summed E-state index contributed by atoms with van der Waals surface area (Å²) < 4.78 is 0.999. The lowest BCUT2D eigenvalue weighted by molar-refractivity contribution is 0.463. The lowest BCUT2D eigenvalue weighted by Gasteiger charge is -2.22. The number of amidine groups is 1. The fourth-order valence-electron chi connectivity index (χ4n) is 1.52. The molecule has 1 aromatic carbocycles. The van der Waals surface area contributed by atoms with Crippen molar-refractivity contribution in [2.75, 3.05) is 13.1 Å². The minimum Gasteiger partial charge on any atom is -0.357 e. The summed E-state index contributed by atoms with van der Waals surface area (Å²) in [6, 6.07) is 6.09. The second-order valence-corrected chi connectivity index (χ2v) is 4.36. The molecule has 0 bridgehead atoms. The molecule has 1 aromatic rings. The number of halogens is 1. The van der Waals surface area contributed by atoms with Crippen molar-refractivity contribution < 1.29 is 0 Å². The fourth-order valence-corrected chi connectivity index (χ4v) is 2.20. The highest BCUT2D eigenvalue weighted by Gasteiger charge is 2.11. The Morgan fingerprint density at radius 2 is 1.93 bits per heavy atom. The molecule has 0 aliphatic rings. The minimum atomic E-state index is 0.590. The Morgan fingerprint density at radius 1 is 1.33 bits per heavy atom. The van der Waals surface area contributed by atoms with Gasteiger partial charge in [0, 0.05) is 23.1 Å². The monoisotopic (exact) mass is 268 g/mol. The van der Waals surface area contributed by atoms with Crippen LogP contribution in [0.5, 0.6) is 0 Å². The molecule has 0 heterocycles. The normalized spacial score (nSPS) is 10.1. The van der Waals surface area contributed by atoms with Gasteiger partial charge in [0.2, 0.25) is 0 Å². The van der Waals surface area contributed by atoms with E-state index in [1.807, 2.05) is 23.1 Å². The van der Waals surface area contributed by atoms with Gasteiger partial charge in [0.05, 0.1) is 0 Å². The summed E-state index contributed by atoms with van der Waals surface area (Å²) in [5, 5.41) is 8.09. The van der Waals surface area contributed by atoms with Crippen molar-refractivity contribution in [3.05, 3.63) is 33.8 Å². The number of benzene rings is 1. The van der Waals surface area contributed by atoms with Crippen LogP contribution in [0.25, 0.3) is 0 Å². The molecule has 0 saturated heterocycles. The summed E-state index contributed by atoms with van der Waals surface area (Å²) in [7, 11) is 0. The largest absolute Gasteiger partial charge is 0.357 e. The zero-order valence-electron chi connectivity index (χ0n) is 9.47. The maximum absolute atomic E-state index is 8.09. The lowest BCUT2D eigenvalue weighted by Crippen LogP contribution is -2.30. The van der Waals surface area contributed by atoms with Crippen LogP contribution in [0.1, 0.15) is 25.0 Å². The maximum atomic E-state index is 8.09. The Balaban J connectivity index is 3.00. The minimum absolute atomic E-state index is 0.590. The summed E-state index contributed by atoms with van der Waals surface area (Å²) in [5.74, 6) is 0.590. The summed E-state index contributed by atoms with van der Waals surface area (Å²) in [6.07, 6.45) is 0. The molecule has 1 rings (SSSR count). The van der Waals surface area contributed by atoms with Crippen molar-refractivity contribution in [1.82, 2.24) is 4.90 Å². The maximum Gasteiger partial charge on any atom is 0.129 e. The van der Waals surface area contributed by atoms with Gasteiger partial charge >= 0.3 is 0 Å². The Hall–Kier alpha value is -0.830. The molecule has 0 unspecified atom stereocenters. The number of nitrogens with zero attached hydrogens (tertiary/aromatic N) is 1. The Labute approximate surface area is 99.9 Å². The number of nitrogens with one attached hydrogen (secondary N) is 1. The molecule has 82 valence electrons. The van der Waals surface area contributed by atoms with E-state index in [4.69, 9.17) is 5.41 Å². The number of rotatable bonds is 3. The van der Waals surface area contributed by atoms with E-state index < -0.39 is 0 Å². The van der Waals surface area contributed by atoms with Crippen LogP contribution in [0.3, 0.4) is 0 Å². The second kappa shape index (κ2) is 5.31. The molecule has 0 radical (unpaired) electrons. The first-order chi connectivity index (χ1) is 7.10. The summed E-state index contributed by atoms with van der Waals surface area (Å²) >= 11 is 3.51. The second-order valence-electron chi connectivity index (χ2n) is 3.50. The standard InChI is InChI=1S/C12H17BrN2/c1-4-15(5-2)12(14)10-7-6-9(3)8-11(10)13/h6-8,14H,4-5H2,1-3H3. The summed E-state index contributed by atoms with van der Waals surface area (Å²) in [5.41, 5.74) is 2.17. The molecule has 0 aliphatic carbocycles. The topological polar surface area (TPSA) is 27.1 Å². The highest BCUT2D eigenvalue weighted by Crippen LogP contribution is 2.19. The van der Waals surface area contributed by atoms with Gasteiger partial charge in [-0.15, -0.1) is 0 Å². The number of aryl methyl sites for hydroxylation is 1. The van der Waals surface area contributed by atoms with Crippen LogP contribution in [0, 0.1) is 12.3 Å². The highest BCUT2D eigenvalue weighted by atomic mass is 79.9. The molecule has 15 heavy (non-hydrogen) atoms. The zero-order valence-corrected chi connectivity index (χ0v) is 11.1. The van der Waals surface area contributed by atoms with Crippen LogP contribution in [0.15, 0.2) is 22.7 Å². The average molecular weight is 269 g/mol. The zero-order chi connectivity index (χ0) is 11.4. The van der Waals surface area contributed by atoms with Gasteiger partial charge in [-0.2, -0.15) is 0 Å². The van der Waals surface area contributed by atoms with E-state index in [0.717, 1.165) is 23.1 Å². The van der Waals surface area contributed by atoms with E-state index in [2.05, 4.69) is 36.7 Å². The van der Waals surface area contributed by atoms with E-state index in [0.29, 0.717) is 5.84 Å². The van der Waals surface area contributed by atoms with Gasteiger partial charge in [-0.25, -0.2) is 0 Å². The molecule has 0 saturated carbocycles. The predicted molar refractivity (Wildman–Crippen MR) is 68.6 cm³/mol. The Morgan fingerprint density at radius 3 is 2.40 bits per heavy atom. The van der Waals surface area contributed by atoms with Gasteiger partial charge in [0.15, 0.2) is 0 Å². The van der Waals surface area contributed by atoms with Gasteiger partial charge < -0.3 is 4.90 Å². The molecule has 3 heteroatoms. The van der Waals surface area contributed by atoms with E-state index in [1.54, 1.807) is 0 Å². The Bertz CT molecular complexity index is 357. The first-order valence-corrected chi connectivity index (χ1v) is 5.99. The molecule has 0 atom stereocenters. The molecule has 0 amide bonds. The van der Waals surface area contributed by atoms with Gasteiger partial charge in [-0.1, -0.05) is 22.0 Å². The van der Waals surface area contributed by atoms with Gasteiger partial charge in [0.25, 0.3) is 0 Å². The fraction of sp³-hybridized carbons (Fsp3) is 0.417. The van der Waals surface area contributed by atoms with Crippen LogP contribution in [-0.4, -0.2) is 23.8 Å². The third kappa shape index (κ3) is 2.81. The first kappa shape index (κ1) is 12.2. The van der Waals surface area contributed by atoms with Gasteiger partial charge in [-0.3, -0.25) is 5.41 Å². The first-order valence-electron chi connectivity index (χ1n) is 5.20. The number of hydrogen-bond acceptors (Lipinski definition) is 1. The van der Waals surface area contributed by atoms with Crippen LogP contribution in [0.2, 0.25) is 0 Å². The van der Waals surface area contributed by atoms with Crippen LogP contribution in [0.4, 0.5) is 0 Å². The van der Waals surface area contributed by atoms with Gasteiger partial charge in [-0.05, 0) is 38.5 Å². The molecule has 0 aliphatic heterocycles. The van der Waals surface area contributed by atoms with E-state index in [-0.39, 0.29) is 0 Å². The van der Waals surface area contributed by atoms with E-state index >= 15 is 0 Å². The third-order valence-corrected chi connectivity index (χ3v) is 3.12. The molecular formula is C12H17BrN2. The summed E-state index contributed by atoms with van der Waals surface area (Å²) in [4.78, 5) is 2.04. The van der Waals surface area contributed by atoms with Crippen molar-refractivity contribution in [3.63, 3.8) is 0 Å². The third-order valence-electron chi connectivity index (χ3n) is 2.46. The smallest absolute Gasteiger partial charge is 0.129 e. The molecule has 2 nitrogen and oxygen atoms in total. The molecule has 0 spiro atoms. The van der Waals surface area contributed by atoms with Crippen molar-refractivity contribution in [1.29, 1.82) is 5.41 Å². The van der Waals surface area contributed by atoms with Crippen molar-refractivity contribution in [2.24, 2.45) is 0 Å². The van der Waals surface area contributed by atoms with Crippen LogP contribution < -0.4 is 0 Å². The SMILES string of the molecule is CCN(CC)C(=N)c1ccc(C)cc1Br. The predicted octanol–water partition coefficient (Wildman–Crippen LogP) is 3.42. The van der Waals surface area contributed by atoms with Crippen molar-refractivity contribution in [3.8, 4) is 0 Å². The van der Waals surface area contributed by atoms with E-state index in [1.165, 1.54) is 5.56 Å². The quantitative estimate of drug-likeness (QED) is 0.660. The highest BCUT2D eigenvalue weighted by molar-refractivity contribution is 9.10. The number of hydrogen-bond donors (Lipinski definition) is 1. The van der Waals surface area contributed by atoms with Crippen LogP contribution >= 0.6 is 15.9 Å². The Kier molecular flexibility index (Phi) is 4.33. The molecule has 0 fully saturated rings. The lowest BCUT2D eigenvalue weighted by atomic mass is 10.1. The molecule has 1 N–H and O–H groups in total. The molecule has 0 aromatic heterocycles. The van der Waals surface area contributed by atoms with Crippen molar-refractivity contribution >= 4 is 21.8 Å². The molecular weight excluding hydrogens is 252 g/mol. The average Bonchev–Trinajstić information content (AvgIpc) is 2.19. The summed E-state index contributed by atoms with van der Waals surface area (Å²) in [6.45, 7) is 7.93. The van der Waals surface area contributed by atoms with Crippen LogP contribution in [-0.2, 0) is 0 Å². The van der Waals surface area contributed by atoms with Crippen molar-refractivity contribution in [2.45, 2.75) is 20.8 Å².